The fraction of sp³-hybridized carbons (Fsp3) is 0.280. The molecule has 1 aliphatic rings. The number of ether oxygens (including phenoxy) is 1. The molecule has 2 aromatic carbocycles. The van der Waals surface area contributed by atoms with Crippen LogP contribution in [-0.4, -0.2) is 51.5 Å². The van der Waals surface area contributed by atoms with Gasteiger partial charge in [0, 0.05) is 42.9 Å². The number of nitrogens with one attached hydrogen (secondary N) is 1. The Morgan fingerprint density at radius 3 is 2.87 bits per heavy atom. The number of nitrogens with zero attached hydrogens (tertiary/aromatic N) is 4. The summed E-state index contributed by atoms with van der Waals surface area (Å²) in [7, 11) is 2.16. The van der Waals surface area contributed by atoms with E-state index in [1.165, 1.54) is 16.5 Å². The lowest BCUT2D eigenvalue weighted by atomic mass is 10.0. The van der Waals surface area contributed by atoms with Crippen molar-refractivity contribution in [2.24, 2.45) is 0 Å². The van der Waals surface area contributed by atoms with Gasteiger partial charge in [-0.2, -0.15) is 0 Å². The van der Waals surface area contributed by atoms with Gasteiger partial charge in [-0.1, -0.05) is 42.5 Å². The van der Waals surface area contributed by atoms with E-state index in [2.05, 4.69) is 86.4 Å². The van der Waals surface area contributed by atoms with Crippen molar-refractivity contribution in [3.05, 3.63) is 96.2 Å². The van der Waals surface area contributed by atoms with Crippen LogP contribution in [0, 0.1) is 0 Å². The van der Waals surface area contributed by atoms with Gasteiger partial charge in [0.1, 0.15) is 12.5 Å². The second-order valence-corrected chi connectivity index (χ2v) is 8.05. The Morgan fingerprint density at radius 2 is 2.03 bits per heavy atom. The first-order valence-corrected chi connectivity index (χ1v) is 10.7. The molecule has 3 heterocycles. The fourth-order valence-electron chi connectivity index (χ4n) is 4.57. The molecule has 4 aromatic rings. The zero-order valence-corrected chi connectivity index (χ0v) is 17.7. The van der Waals surface area contributed by atoms with Crippen LogP contribution in [0.25, 0.3) is 10.9 Å². The molecule has 0 spiro atoms. The molecule has 0 radical (unpaired) electrons. The Labute approximate surface area is 182 Å². The first-order valence-electron chi connectivity index (χ1n) is 10.7. The Bertz CT molecular complexity index is 1110. The highest BCUT2D eigenvalue weighted by atomic mass is 16.5. The molecule has 2 atom stereocenters. The van der Waals surface area contributed by atoms with E-state index in [1.54, 1.807) is 6.33 Å². The molecule has 2 aromatic heterocycles. The van der Waals surface area contributed by atoms with E-state index in [0.717, 1.165) is 30.8 Å². The van der Waals surface area contributed by atoms with Crippen LogP contribution in [0.3, 0.4) is 0 Å². The van der Waals surface area contributed by atoms with Crippen molar-refractivity contribution in [1.82, 2.24) is 24.8 Å². The van der Waals surface area contributed by atoms with E-state index in [4.69, 9.17) is 4.74 Å². The minimum Gasteiger partial charge on any atom is -0.371 e. The predicted molar refractivity (Wildman–Crippen MR) is 121 cm³/mol. The van der Waals surface area contributed by atoms with Crippen LogP contribution in [0.5, 0.6) is 0 Å². The molecule has 0 bridgehead atoms. The van der Waals surface area contributed by atoms with Gasteiger partial charge in [-0.05, 0) is 36.4 Å². The first-order chi connectivity index (χ1) is 15.3. The normalized spacial score (nSPS) is 18.5. The minimum absolute atomic E-state index is 0.0164. The van der Waals surface area contributed by atoms with Crippen LogP contribution >= 0.6 is 0 Å². The van der Waals surface area contributed by atoms with Crippen LogP contribution in [0.15, 0.2) is 79.4 Å². The van der Waals surface area contributed by atoms with E-state index in [0.29, 0.717) is 6.61 Å². The first kappa shape index (κ1) is 19.9. The van der Waals surface area contributed by atoms with Crippen LogP contribution in [0.2, 0.25) is 0 Å². The molecule has 158 valence electrons. The lowest BCUT2D eigenvalue weighted by Gasteiger charge is -2.42. The summed E-state index contributed by atoms with van der Waals surface area (Å²) in [6, 6.07) is 21.1. The van der Waals surface area contributed by atoms with Crippen molar-refractivity contribution in [1.29, 1.82) is 0 Å². The number of fused-ring (bicyclic) bond motifs is 1. The van der Waals surface area contributed by atoms with Gasteiger partial charge in [-0.15, -0.1) is 0 Å². The van der Waals surface area contributed by atoms with Gasteiger partial charge in [0.05, 0.1) is 18.4 Å². The van der Waals surface area contributed by atoms with Crippen molar-refractivity contribution in [2.75, 3.05) is 26.7 Å². The lowest BCUT2D eigenvalue weighted by molar-refractivity contribution is -0.0755. The highest BCUT2D eigenvalue weighted by molar-refractivity contribution is 5.83. The standard InChI is InChI=1S/C25H27N5O/c1-29(16-19-6-3-2-4-7-19)25(23-11-12-26-18-28-23)30-14-15-31-24(17-30)21-8-5-9-22-20(21)10-13-27-22/h2-13,18,24-25,27H,14-17H2,1H3. The number of rotatable bonds is 6. The quantitative estimate of drug-likeness (QED) is 0.514. The molecule has 31 heavy (non-hydrogen) atoms. The van der Waals surface area contributed by atoms with Gasteiger partial charge in [0.2, 0.25) is 0 Å². The third kappa shape index (κ3) is 4.23. The van der Waals surface area contributed by atoms with Crippen LogP contribution in [-0.2, 0) is 11.3 Å². The third-order valence-corrected chi connectivity index (χ3v) is 5.98. The monoisotopic (exact) mass is 413 g/mol. The Kier molecular flexibility index (Phi) is 5.76. The van der Waals surface area contributed by atoms with Crippen molar-refractivity contribution < 1.29 is 4.74 Å². The Balaban J connectivity index is 1.44. The molecule has 6 heteroatoms. The SMILES string of the molecule is CN(Cc1ccccc1)C(c1ccncn1)N1CCOC(c2cccc3[nH]ccc23)C1. The van der Waals surface area contributed by atoms with Crippen molar-refractivity contribution >= 4 is 10.9 Å². The molecular formula is C25H27N5O. The number of hydrogen-bond acceptors (Lipinski definition) is 5. The number of morpholine rings is 1. The maximum Gasteiger partial charge on any atom is 0.115 e. The summed E-state index contributed by atoms with van der Waals surface area (Å²) in [5, 5.41) is 1.23. The smallest absolute Gasteiger partial charge is 0.115 e. The largest absolute Gasteiger partial charge is 0.371 e. The Morgan fingerprint density at radius 1 is 1.13 bits per heavy atom. The molecule has 6 nitrogen and oxygen atoms in total. The zero-order chi connectivity index (χ0) is 21.0. The molecule has 1 N–H and O–H groups in total. The summed E-state index contributed by atoms with van der Waals surface area (Å²) >= 11 is 0. The van der Waals surface area contributed by atoms with Gasteiger partial charge >= 0.3 is 0 Å². The maximum atomic E-state index is 6.25. The molecule has 2 unspecified atom stereocenters. The average Bonchev–Trinajstić information content (AvgIpc) is 3.30. The third-order valence-electron chi connectivity index (χ3n) is 5.98. The molecule has 0 amide bonds. The minimum atomic E-state index is 0.0164. The zero-order valence-electron chi connectivity index (χ0n) is 17.7. The van der Waals surface area contributed by atoms with Crippen molar-refractivity contribution in [3.63, 3.8) is 0 Å². The summed E-state index contributed by atoms with van der Waals surface area (Å²) in [6.07, 6.45) is 5.51. The highest BCUT2D eigenvalue weighted by Crippen LogP contribution is 2.33. The number of aromatic nitrogens is 3. The van der Waals surface area contributed by atoms with E-state index < -0.39 is 0 Å². The van der Waals surface area contributed by atoms with Crippen LogP contribution < -0.4 is 0 Å². The summed E-state index contributed by atoms with van der Waals surface area (Å²) < 4.78 is 6.25. The van der Waals surface area contributed by atoms with Crippen LogP contribution in [0.4, 0.5) is 0 Å². The van der Waals surface area contributed by atoms with E-state index in [9.17, 15) is 0 Å². The van der Waals surface area contributed by atoms with E-state index >= 15 is 0 Å². The number of benzene rings is 2. The molecule has 1 saturated heterocycles. The molecule has 5 rings (SSSR count). The molecule has 0 aliphatic carbocycles. The topological polar surface area (TPSA) is 57.3 Å². The van der Waals surface area contributed by atoms with Crippen LogP contribution in [0.1, 0.15) is 29.1 Å². The van der Waals surface area contributed by atoms with Crippen molar-refractivity contribution in [3.8, 4) is 0 Å². The average molecular weight is 414 g/mol. The summed E-state index contributed by atoms with van der Waals surface area (Å²) in [5.74, 6) is 0. The maximum absolute atomic E-state index is 6.25. The van der Waals surface area contributed by atoms with Gasteiger partial charge in [0.25, 0.3) is 0 Å². The van der Waals surface area contributed by atoms with E-state index in [-0.39, 0.29) is 12.3 Å². The van der Waals surface area contributed by atoms with E-state index in [1.807, 2.05) is 18.5 Å². The van der Waals surface area contributed by atoms with Gasteiger partial charge < -0.3 is 9.72 Å². The number of aromatic amines is 1. The van der Waals surface area contributed by atoms with Gasteiger partial charge in [-0.3, -0.25) is 9.80 Å². The summed E-state index contributed by atoms with van der Waals surface area (Å²) in [4.78, 5) is 16.9. The van der Waals surface area contributed by atoms with Crippen molar-refractivity contribution in [2.45, 2.75) is 18.8 Å². The number of H-pyrrole nitrogens is 1. The predicted octanol–water partition coefficient (Wildman–Crippen LogP) is 4.16. The molecular weight excluding hydrogens is 386 g/mol. The second-order valence-electron chi connectivity index (χ2n) is 8.05. The Hall–Kier alpha value is -3.06. The molecule has 1 fully saturated rings. The second kappa shape index (κ2) is 8.98. The van der Waals surface area contributed by atoms with Gasteiger partial charge in [0.15, 0.2) is 0 Å². The fourth-order valence-corrected chi connectivity index (χ4v) is 4.57. The number of hydrogen-bond donors (Lipinski definition) is 1. The summed E-state index contributed by atoms with van der Waals surface area (Å²) in [6.45, 7) is 3.18. The molecule has 0 saturated carbocycles. The van der Waals surface area contributed by atoms with Gasteiger partial charge in [-0.25, -0.2) is 9.97 Å². The highest BCUT2D eigenvalue weighted by Gasteiger charge is 2.32. The molecule has 1 aliphatic heterocycles. The summed E-state index contributed by atoms with van der Waals surface area (Å²) in [5.41, 5.74) is 4.67. The lowest BCUT2D eigenvalue weighted by Crippen LogP contribution is -2.46.